The van der Waals surface area contributed by atoms with Crippen molar-refractivity contribution in [2.45, 2.75) is 0 Å². The highest BCUT2D eigenvalue weighted by Crippen LogP contribution is 2.10. The molecule has 1 aromatic carbocycles. The first-order valence-electron chi connectivity index (χ1n) is 7.84. The van der Waals surface area contributed by atoms with E-state index in [0.29, 0.717) is 5.56 Å². The van der Waals surface area contributed by atoms with Gasteiger partial charge in [-0.3, -0.25) is 23.6 Å². The first kappa shape index (κ1) is 17.8. The van der Waals surface area contributed by atoms with Crippen molar-refractivity contribution in [3.8, 4) is 0 Å². The van der Waals surface area contributed by atoms with E-state index in [2.05, 4.69) is 15.6 Å². The number of anilines is 1. The Morgan fingerprint density at radius 1 is 1.04 bits per heavy atom. The molecule has 3 aromatic rings. The van der Waals surface area contributed by atoms with E-state index < -0.39 is 29.9 Å². The number of fused-ring (bicyclic) bond motifs is 1. The molecule has 0 aliphatic heterocycles. The molecule has 0 radical (unpaired) electrons. The summed E-state index contributed by atoms with van der Waals surface area (Å²) in [6.45, 7) is -0.560. The average molecular weight is 366 g/mol. The second kappa shape index (κ2) is 7.48. The van der Waals surface area contributed by atoms with Gasteiger partial charge in [-0.25, -0.2) is 4.98 Å². The van der Waals surface area contributed by atoms with Crippen molar-refractivity contribution >= 4 is 29.1 Å². The van der Waals surface area contributed by atoms with Crippen LogP contribution in [-0.2, 0) is 4.79 Å². The van der Waals surface area contributed by atoms with Crippen molar-refractivity contribution in [2.75, 3.05) is 11.9 Å². The van der Waals surface area contributed by atoms with Gasteiger partial charge in [0, 0.05) is 11.8 Å². The molecule has 0 unspecified atom stereocenters. The van der Waals surface area contributed by atoms with Crippen molar-refractivity contribution in [3.63, 3.8) is 0 Å². The van der Waals surface area contributed by atoms with Crippen LogP contribution >= 0.6 is 0 Å². The minimum atomic E-state index is -1.19. The number of hydrogen-bond acceptors (Lipinski definition) is 5. The highest BCUT2D eigenvalue weighted by atomic mass is 16.4. The number of carboxylic acids is 1. The molecule has 2 aromatic heterocycles. The van der Waals surface area contributed by atoms with E-state index in [1.54, 1.807) is 30.3 Å². The number of rotatable bonds is 5. The second-order valence-electron chi connectivity index (χ2n) is 5.49. The minimum absolute atomic E-state index is 0.0387. The molecule has 0 saturated heterocycles. The zero-order chi connectivity index (χ0) is 19.4. The Balaban J connectivity index is 1.94. The Morgan fingerprint density at radius 3 is 2.48 bits per heavy atom. The first-order chi connectivity index (χ1) is 13.0. The molecule has 9 heteroatoms. The topological polar surface area (TPSA) is 130 Å². The molecule has 2 heterocycles. The number of pyridine rings is 1. The van der Waals surface area contributed by atoms with Crippen LogP contribution in [0.25, 0.3) is 5.65 Å². The highest BCUT2D eigenvalue weighted by Gasteiger charge is 2.15. The highest BCUT2D eigenvalue weighted by molar-refractivity contribution is 6.04. The van der Waals surface area contributed by atoms with Crippen LogP contribution in [0.4, 0.5) is 5.69 Å². The summed E-state index contributed by atoms with van der Waals surface area (Å²) in [5, 5.41) is 13.4. The fourth-order valence-electron chi connectivity index (χ4n) is 2.40. The summed E-state index contributed by atoms with van der Waals surface area (Å²) in [6.07, 6.45) is 2.56. The van der Waals surface area contributed by atoms with E-state index >= 15 is 0 Å². The van der Waals surface area contributed by atoms with Crippen molar-refractivity contribution in [1.29, 1.82) is 0 Å². The smallest absolute Gasteiger partial charge is 0.322 e. The van der Waals surface area contributed by atoms with Crippen LogP contribution in [-0.4, -0.2) is 38.8 Å². The van der Waals surface area contributed by atoms with E-state index in [1.165, 1.54) is 18.3 Å². The first-order valence-corrected chi connectivity index (χ1v) is 7.84. The van der Waals surface area contributed by atoms with Crippen molar-refractivity contribution in [1.82, 2.24) is 14.7 Å². The van der Waals surface area contributed by atoms with Crippen LogP contribution < -0.4 is 16.2 Å². The summed E-state index contributed by atoms with van der Waals surface area (Å²) >= 11 is 0. The van der Waals surface area contributed by atoms with Crippen LogP contribution in [0.15, 0.2) is 59.7 Å². The van der Waals surface area contributed by atoms with Gasteiger partial charge in [0.25, 0.3) is 17.4 Å². The molecule has 0 spiro atoms. The zero-order valence-corrected chi connectivity index (χ0v) is 13.9. The molecule has 9 nitrogen and oxygen atoms in total. The molecule has 0 saturated carbocycles. The SMILES string of the molecule is O=C(O)CNC(=O)c1cccn2c(=O)c(NC(=O)c3ccccc3)cnc12. The van der Waals surface area contributed by atoms with Crippen molar-refractivity contribution < 1.29 is 19.5 Å². The molecule has 2 amide bonds. The molecular formula is C18H14N4O5. The van der Waals surface area contributed by atoms with Crippen LogP contribution in [0.1, 0.15) is 20.7 Å². The van der Waals surface area contributed by atoms with Gasteiger partial charge < -0.3 is 15.7 Å². The Labute approximate surface area is 152 Å². The Bertz CT molecular complexity index is 1090. The van der Waals surface area contributed by atoms with Gasteiger partial charge in [-0.1, -0.05) is 18.2 Å². The molecule has 0 bridgehead atoms. The van der Waals surface area contributed by atoms with Crippen molar-refractivity contribution in [2.24, 2.45) is 0 Å². The molecule has 3 rings (SSSR count). The molecule has 0 aliphatic rings. The van der Waals surface area contributed by atoms with Crippen LogP contribution in [0.5, 0.6) is 0 Å². The Kier molecular flexibility index (Phi) is 4.93. The largest absolute Gasteiger partial charge is 0.480 e. The second-order valence-corrected chi connectivity index (χ2v) is 5.49. The zero-order valence-electron chi connectivity index (χ0n) is 13.9. The van der Waals surface area contributed by atoms with E-state index in [9.17, 15) is 19.2 Å². The molecular weight excluding hydrogens is 352 g/mol. The van der Waals surface area contributed by atoms with Gasteiger partial charge in [0.05, 0.1) is 11.8 Å². The van der Waals surface area contributed by atoms with Crippen LogP contribution in [0.3, 0.4) is 0 Å². The van der Waals surface area contributed by atoms with Gasteiger partial charge in [-0.15, -0.1) is 0 Å². The number of nitrogens with one attached hydrogen (secondary N) is 2. The summed E-state index contributed by atoms with van der Waals surface area (Å²) < 4.78 is 1.11. The number of aliphatic carboxylic acids is 1. The quantitative estimate of drug-likeness (QED) is 0.611. The number of aromatic nitrogens is 2. The number of benzene rings is 1. The van der Waals surface area contributed by atoms with E-state index in [0.717, 1.165) is 10.6 Å². The van der Waals surface area contributed by atoms with Crippen LogP contribution in [0, 0.1) is 0 Å². The molecule has 27 heavy (non-hydrogen) atoms. The third-order valence-electron chi connectivity index (χ3n) is 3.66. The van der Waals surface area contributed by atoms with Crippen LogP contribution in [0.2, 0.25) is 0 Å². The van der Waals surface area contributed by atoms with Crippen molar-refractivity contribution in [3.05, 3.63) is 76.3 Å². The van der Waals surface area contributed by atoms with Gasteiger partial charge in [0.15, 0.2) is 5.65 Å². The number of nitrogens with zero attached hydrogens (tertiary/aromatic N) is 2. The third kappa shape index (κ3) is 3.82. The summed E-state index contributed by atoms with van der Waals surface area (Å²) in [5.41, 5.74) is -0.162. The number of carbonyl (C=O) groups excluding carboxylic acids is 2. The summed E-state index contributed by atoms with van der Waals surface area (Å²) in [7, 11) is 0. The number of carboxylic acid groups (broad SMARTS) is 1. The van der Waals surface area contributed by atoms with Gasteiger partial charge in [-0.2, -0.15) is 0 Å². The lowest BCUT2D eigenvalue weighted by atomic mass is 10.2. The van der Waals surface area contributed by atoms with Gasteiger partial charge in [0.1, 0.15) is 12.2 Å². The maximum atomic E-state index is 12.6. The summed E-state index contributed by atoms with van der Waals surface area (Å²) in [5.74, 6) is -2.34. The molecule has 3 N–H and O–H groups in total. The number of carbonyl (C=O) groups is 3. The van der Waals surface area contributed by atoms with E-state index in [4.69, 9.17) is 5.11 Å². The standard InChI is InChI=1S/C18H14N4O5/c23-14(24)10-20-17(26)12-7-4-8-22-15(12)19-9-13(18(22)27)21-16(25)11-5-2-1-3-6-11/h1-9H,10H2,(H,20,26)(H,21,25)(H,23,24). The maximum Gasteiger partial charge on any atom is 0.322 e. The van der Waals surface area contributed by atoms with Gasteiger partial charge in [0.2, 0.25) is 0 Å². The third-order valence-corrected chi connectivity index (χ3v) is 3.66. The lowest BCUT2D eigenvalue weighted by Gasteiger charge is -2.09. The summed E-state index contributed by atoms with van der Waals surface area (Å²) in [6, 6.07) is 11.2. The summed E-state index contributed by atoms with van der Waals surface area (Å²) in [4.78, 5) is 51.6. The monoisotopic (exact) mass is 366 g/mol. The predicted octanol–water partition coefficient (Wildman–Crippen LogP) is 0.761. The normalized spacial score (nSPS) is 10.4. The lowest BCUT2D eigenvalue weighted by Crippen LogP contribution is -2.30. The molecule has 0 atom stereocenters. The lowest BCUT2D eigenvalue weighted by molar-refractivity contribution is -0.135. The maximum absolute atomic E-state index is 12.6. The van der Waals surface area contributed by atoms with Gasteiger partial charge >= 0.3 is 5.97 Å². The fraction of sp³-hybridized carbons (Fsp3) is 0.0556. The molecule has 136 valence electrons. The number of amides is 2. The number of hydrogen-bond donors (Lipinski definition) is 3. The Hall–Kier alpha value is -4.01. The van der Waals surface area contributed by atoms with E-state index in [-0.39, 0.29) is 16.9 Å². The van der Waals surface area contributed by atoms with E-state index in [1.807, 2.05) is 0 Å². The average Bonchev–Trinajstić information content (AvgIpc) is 2.68. The predicted molar refractivity (Wildman–Crippen MR) is 95.8 cm³/mol. The Morgan fingerprint density at radius 2 is 1.78 bits per heavy atom. The van der Waals surface area contributed by atoms with Gasteiger partial charge in [-0.05, 0) is 24.3 Å². The fourth-order valence-corrected chi connectivity index (χ4v) is 2.40. The molecule has 0 fully saturated rings. The molecule has 0 aliphatic carbocycles. The minimum Gasteiger partial charge on any atom is -0.480 e.